The average Bonchev–Trinajstić information content (AvgIpc) is 3.28. The Labute approximate surface area is 335 Å². The van der Waals surface area contributed by atoms with Crippen molar-refractivity contribution in [3.05, 3.63) is 230 Å². The zero-order valence-corrected chi connectivity index (χ0v) is 32.2. The third-order valence-corrected chi connectivity index (χ3v) is 11.6. The van der Waals surface area contributed by atoms with Gasteiger partial charge in [0.1, 0.15) is 0 Å². The number of fused-ring (bicyclic) bond motifs is 3. The van der Waals surface area contributed by atoms with Crippen molar-refractivity contribution in [2.24, 2.45) is 0 Å². The van der Waals surface area contributed by atoms with E-state index in [9.17, 15) is 0 Å². The molecule has 272 valence electrons. The van der Waals surface area contributed by atoms with Crippen molar-refractivity contribution < 1.29 is 0 Å². The minimum atomic E-state index is -0.199. The van der Waals surface area contributed by atoms with E-state index in [2.05, 4.69) is 242 Å². The normalized spacial score (nSPS) is 12.8. The summed E-state index contributed by atoms with van der Waals surface area (Å²) in [4.78, 5) is 4.84. The van der Waals surface area contributed by atoms with Crippen LogP contribution in [0.2, 0.25) is 0 Å². The van der Waals surface area contributed by atoms with Gasteiger partial charge in [0.05, 0.1) is 17.1 Å². The van der Waals surface area contributed by atoms with Crippen LogP contribution in [0.1, 0.15) is 25.0 Å². The summed E-state index contributed by atoms with van der Waals surface area (Å²) < 4.78 is 0. The predicted molar refractivity (Wildman–Crippen MR) is 242 cm³/mol. The van der Waals surface area contributed by atoms with Crippen LogP contribution in [-0.2, 0) is 5.41 Å². The third kappa shape index (κ3) is 6.07. The lowest BCUT2D eigenvalue weighted by Gasteiger charge is -2.43. The summed E-state index contributed by atoms with van der Waals surface area (Å²) in [5.41, 5.74) is 16.6. The molecule has 0 spiro atoms. The van der Waals surface area contributed by atoms with Crippen molar-refractivity contribution in [3.8, 4) is 33.4 Å². The van der Waals surface area contributed by atoms with Crippen LogP contribution in [0, 0.1) is 0 Å². The minimum absolute atomic E-state index is 0.199. The molecule has 1 aliphatic heterocycles. The second kappa shape index (κ2) is 14.2. The van der Waals surface area contributed by atoms with Gasteiger partial charge in [0.2, 0.25) is 0 Å². The van der Waals surface area contributed by atoms with Gasteiger partial charge < -0.3 is 9.80 Å². The molecule has 9 aromatic carbocycles. The van der Waals surface area contributed by atoms with Crippen molar-refractivity contribution in [2.75, 3.05) is 9.80 Å². The fourth-order valence-electron chi connectivity index (χ4n) is 8.77. The lowest BCUT2D eigenvalue weighted by molar-refractivity contribution is 0.632. The molecule has 0 N–H and O–H groups in total. The van der Waals surface area contributed by atoms with E-state index in [-0.39, 0.29) is 5.41 Å². The first-order chi connectivity index (χ1) is 28.0. The van der Waals surface area contributed by atoms with E-state index in [0.29, 0.717) is 0 Å². The van der Waals surface area contributed by atoms with Crippen LogP contribution in [0.3, 0.4) is 0 Å². The fraction of sp³-hybridized carbons (Fsp3) is 0.0545. The maximum atomic E-state index is 2.54. The van der Waals surface area contributed by atoms with Gasteiger partial charge in [-0.2, -0.15) is 0 Å². The quantitative estimate of drug-likeness (QED) is 0.161. The summed E-state index contributed by atoms with van der Waals surface area (Å²) in [7, 11) is 0. The van der Waals surface area contributed by atoms with Crippen molar-refractivity contribution in [1.29, 1.82) is 0 Å². The van der Waals surface area contributed by atoms with Crippen LogP contribution in [0.15, 0.2) is 218 Å². The molecule has 0 radical (unpaired) electrons. The first-order valence-electron chi connectivity index (χ1n) is 19.8. The summed E-state index contributed by atoms with van der Waals surface area (Å²) >= 11 is 0. The Bertz CT molecular complexity index is 2820. The van der Waals surface area contributed by atoms with Gasteiger partial charge in [0.15, 0.2) is 0 Å². The van der Waals surface area contributed by atoms with E-state index in [1.807, 2.05) is 0 Å². The molecular formula is C55H42N2. The Morgan fingerprint density at radius 2 is 0.895 bits per heavy atom. The molecule has 57 heavy (non-hydrogen) atoms. The van der Waals surface area contributed by atoms with Crippen molar-refractivity contribution in [3.63, 3.8) is 0 Å². The molecule has 0 saturated heterocycles. The van der Waals surface area contributed by atoms with Gasteiger partial charge in [-0.1, -0.05) is 178 Å². The summed E-state index contributed by atoms with van der Waals surface area (Å²) in [5, 5.41) is 2.45. The maximum absolute atomic E-state index is 2.54. The molecule has 1 aliphatic rings. The number of hydrogen-bond acceptors (Lipinski definition) is 2. The first kappa shape index (κ1) is 34.3. The van der Waals surface area contributed by atoms with Gasteiger partial charge in [0, 0.05) is 33.4 Å². The number of para-hydroxylation sites is 3. The number of anilines is 6. The SMILES string of the molecule is CC1(C)c2ccccc2N(c2c(-c3ccccc3)ccc3ccccc23)c2cc(-c3cccc(-c4ccc(N(c5ccccc5)c5ccccc5)cc4)c3)ccc21. The molecule has 1 heterocycles. The maximum Gasteiger partial charge on any atom is 0.0618 e. The van der Waals surface area contributed by atoms with Gasteiger partial charge in [-0.3, -0.25) is 0 Å². The van der Waals surface area contributed by atoms with Gasteiger partial charge in [0.25, 0.3) is 0 Å². The largest absolute Gasteiger partial charge is 0.311 e. The molecule has 10 rings (SSSR count). The highest BCUT2D eigenvalue weighted by Gasteiger charge is 2.38. The van der Waals surface area contributed by atoms with Crippen molar-refractivity contribution in [2.45, 2.75) is 19.3 Å². The number of benzene rings is 9. The van der Waals surface area contributed by atoms with E-state index in [0.717, 1.165) is 17.1 Å². The number of hydrogen-bond donors (Lipinski definition) is 0. The lowest BCUT2D eigenvalue weighted by atomic mass is 9.73. The summed E-state index contributed by atoms with van der Waals surface area (Å²) in [6, 6.07) is 79.3. The topological polar surface area (TPSA) is 6.48 Å². The van der Waals surface area contributed by atoms with E-state index in [4.69, 9.17) is 0 Å². The van der Waals surface area contributed by atoms with Crippen LogP contribution in [0.25, 0.3) is 44.2 Å². The molecule has 2 nitrogen and oxygen atoms in total. The average molecular weight is 731 g/mol. The Morgan fingerprint density at radius 1 is 0.368 bits per heavy atom. The van der Waals surface area contributed by atoms with Gasteiger partial charge in [-0.05, 0) is 98.9 Å². The van der Waals surface area contributed by atoms with Crippen LogP contribution in [0.4, 0.5) is 34.1 Å². The van der Waals surface area contributed by atoms with Gasteiger partial charge in [-0.15, -0.1) is 0 Å². The fourth-order valence-corrected chi connectivity index (χ4v) is 8.77. The molecule has 9 aromatic rings. The molecule has 0 bridgehead atoms. The van der Waals surface area contributed by atoms with E-state index < -0.39 is 0 Å². The predicted octanol–water partition coefficient (Wildman–Crippen LogP) is 15.4. The van der Waals surface area contributed by atoms with E-state index in [1.54, 1.807) is 0 Å². The van der Waals surface area contributed by atoms with Crippen LogP contribution < -0.4 is 9.80 Å². The highest BCUT2D eigenvalue weighted by molar-refractivity contribution is 6.07. The van der Waals surface area contributed by atoms with Crippen LogP contribution in [0.5, 0.6) is 0 Å². The number of nitrogens with zero attached hydrogens (tertiary/aromatic N) is 2. The minimum Gasteiger partial charge on any atom is -0.311 e. The summed E-state index contributed by atoms with van der Waals surface area (Å²) in [5.74, 6) is 0. The molecular weight excluding hydrogens is 689 g/mol. The monoisotopic (exact) mass is 730 g/mol. The highest BCUT2D eigenvalue weighted by Crippen LogP contribution is 2.55. The third-order valence-electron chi connectivity index (χ3n) is 11.6. The molecule has 0 fully saturated rings. The second-order valence-electron chi connectivity index (χ2n) is 15.4. The Hall–Kier alpha value is -7.16. The zero-order chi connectivity index (χ0) is 38.3. The zero-order valence-electron chi connectivity index (χ0n) is 32.2. The molecule has 0 aliphatic carbocycles. The van der Waals surface area contributed by atoms with E-state index >= 15 is 0 Å². The first-order valence-corrected chi connectivity index (χ1v) is 19.8. The Kier molecular flexibility index (Phi) is 8.53. The Morgan fingerprint density at radius 3 is 1.61 bits per heavy atom. The Balaban J connectivity index is 1.09. The smallest absolute Gasteiger partial charge is 0.0618 e. The lowest BCUT2D eigenvalue weighted by Crippen LogP contribution is -2.31. The highest BCUT2D eigenvalue weighted by atomic mass is 15.2. The van der Waals surface area contributed by atoms with Crippen molar-refractivity contribution >= 4 is 44.9 Å². The second-order valence-corrected chi connectivity index (χ2v) is 15.4. The van der Waals surface area contributed by atoms with Gasteiger partial charge >= 0.3 is 0 Å². The summed E-state index contributed by atoms with van der Waals surface area (Å²) in [6.45, 7) is 4.73. The van der Waals surface area contributed by atoms with Crippen LogP contribution in [-0.4, -0.2) is 0 Å². The molecule has 0 aromatic heterocycles. The molecule has 0 amide bonds. The van der Waals surface area contributed by atoms with Crippen molar-refractivity contribution in [1.82, 2.24) is 0 Å². The molecule has 0 atom stereocenters. The van der Waals surface area contributed by atoms with E-state index in [1.165, 1.54) is 72.3 Å². The summed E-state index contributed by atoms with van der Waals surface area (Å²) in [6.07, 6.45) is 0. The van der Waals surface area contributed by atoms with Gasteiger partial charge in [-0.25, -0.2) is 0 Å². The molecule has 2 heteroatoms. The molecule has 0 saturated carbocycles. The molecule has 0 unspecified atom stereocenters. The standard InChI is InChI=1S/C55H42N2/c1-55(2)50-27-14-15-28-52(50)57(54-48-26-13-12-19-41(48)31-35-49(54)40-17-6-3-7-18-40)53-38-44(32-36-51(53)55)43-21-16-20-42(37-43)39-29-33-47(34-30-39)56(45-22-8-4-9-23-45)46-24-10-5-11-25-46/h3-38H,1-2H3. The number of rotatable bonds is 7. The van der Waals surface area contributed by atoms with Crippen LogP contribution >= 0.6 is 0 Å².